The molecule has 0 aliphatic rings. The van der Waals surface area contributed by atoms with Gasteiger partial charge in [0.25, 0.3) is 5.89 Å². The zero-order valence-electron chi connectivity index (χ0n) is 13.1. The van der Waals surface area contributed by atoms with Gasteiger partial charge in [-0.2, -0.15) is 0 Å². The second kappa shape index (κ2) is 7.24. The molecule has 10 heteroatoms. The van der Waals surface area contributed by atoms with Crippen molar-refractivity contribution in [1.82, 2.24) is 10.2 Å². The number of rotatable bonds is 5. The number of nitrogens with zero attached hydrogens (tertiary/aromatic N) is 2. The van der Waals surface area contributed by atoms with Crippen LogP contribution in [0.3, 0.4) is 0 Å². The number of sulfonamides is 1. The van der Waals surface area contributed by atoms with Gasteiger partial charge in [0.2, 0.25) is 15.9 Å². The van der Waals surface area contributed by atoms with E-state index in [0.717, 1.165) is 11.6 Å². The van der Waals surface area contributed by atoms with E-state index in [4.69, 9.17) is 25.9 Å². The molecule has 0 saturated heterocycles. The highest BCUT2D eigenvalue weighted by Crippen LogP contribution is 2.22. The van der Waals surface area contributed by atoms with Crippen LogP contribution in [0.4, 0.5) is 0 Å². The molecule has 1 aromatic heterocycles. The van der Waals surface area contributed by atoms with Gasteiger partial charge in [-0.05, 0) is 30.3 Å². The van der Waals surface area contributed by atoms with Gasteiger partial charge < -0.3 is 9.15 Å². The Morgan fingerprint density at radius 3 is 2.58 bits per heavy atom. The molecule has 0 bridgehead atoms. The van der Waals surface area contributed by atoms with Gasteiger partial charge in [0.05, 0.1) is 10.6 Å². The molecule has 0 amide bonds. The number of primary sulfonamides is 1. The summed E-state index contributed by atoms with van der Waals surface area (Å²) in [7, 11) is -4.06. The average molecular weight is 394 g/mol. The van der Waals surface area contributed by atoms with Gasteiger partial charge in [0, 0.05) is 5.56 Å². The van der Waals surface area contributed by atoms with Crippen molar-refractivity contribution in [2.24, 2.45) is 5.14 Å². The average Bonchev–Trinajstić information content (AvgIpc) is 3.09. The maximum absolute atomic E-state index is 12.1. The van der Waals surface area contributed by atoms with Gasteiger partial charge in [0.15, 0.2) is 6.61 Å². The number of hydrogen-bond donors (Lipinski definition) is 1. The second-order valence-corrected chi connectivity index (χ2v) is 7.07. The van der Waals surface area contributed by atoms with Crippen LogP contribution < -0.4 is 5.14 Å². The van der Waals surface area contributed by atoms with Crippen molar-refractivity contribution in [1.29, 1.82) is 0 Å². The quantitative estimate of drug-likeness (QED) is 0.659. The van der Waals surface area contributed by atoms with Gasteiger partial charge in [-0.1, -0.05) is 29.8 Å². The molecule has 0 fully saturated rings. The van der Waals surface area contributed by atoms with E-state index in [2.05, 4.69) is 10.2 Å². The minimum Gasteiger partial charge on any atom is -0.452 e. The van der Waals surface area contributed by atoms with E-state index in [9.17, 15) is 13.2 Å². The molecule has 2 aromatic carbocycles. The molecule has 26 heavy (non-hydrogen) atoms. The fourth-order valence-corrected chi connectivity index (χ4v) is 3.14. The van der Waals surface area contributed by atoms with Crippen LogP contribution >= 0.6 is 11.6 Å². The van der Waals surface area contributed by atoms with E-state index in [1.807, 2.05) is 18.2 Å². The molecule has 0 atom stereocenters. The molecule has 3 aromatic rings. The minimum atomic E-state index is -4.06. The van der Waals surface area contributed by atoms with Crippen LogP contribution in [0, 0.1) is 0 Å². The minimum absolute atomic E-state index is 0.0266. The van der Waals surface area contributed by atoms with E-state index < -0.39 is 16.0 Å². The van der Waals surface area contributed by atoms with Gasteiger partial charge in [-0.3, -0.25) is 0 Å². The Bertz CT molecular complexity index is 1050. The first-order valence-electron chi connectivity index (χ1n) is 7.22. The highest BCUT2D eigenvalue weighted by atomic mass is 35.5. The highest BCUT2D eigenvalue weighted by Gasteiger charge is 2.18. The molecule has 3 rings (SSSR count). The lowest BCUT2D eigenvalue weighted by Crippen LogP contribution is -2.14. The van der Waals surface area contributed by atoms with Crippen LogP contribution in [-0.4, -0.2) is 24.6 Å². The van der Waals surface area contributed by atoms with Gasteiger partial charge >= 0.3 is 5.97 Å². The van der Waals surface area contributed by atoms with Gasteiger partial charge in [-0.15, -0.1) is 10.2 Å². The van der Waals surface area contributed by atoms with E-state index in [1.165, 1.54) is 12.1 Å². The number of esters is 1. The summed E-state index contributed by atoms with van der Waals surface area (Å²) >= 11 is 5.77. The third-order valence-electron chi connectivity index (χ3n) is 3.29. The number of hydrogen-bond acceptors (Lipinski definition) is 7. The first-order chi connectivity index (χ1) is 12.3. The number of aromatic nitrogens is 2. The van der Waals surface area contributed by atoms with Gasteiger partial charge in [-0.25, -0.2) is 18.4 Å². The van der Waals surface area contributed by atoms with Crippen molar-refractivity contribution in [3.8, 4) is 11.5 Å². The Kier molecular flexibility index (Phi) is 5.03. The van der Waals surface area contributed by atoms with Crippen molar-refractivity contribution in [3.63, 3.8) is 0 Å². The number of nitrogens with two attached hydrogens (primary N) is 1. The molecule has 0 unspecified atom stereocenters. The Morgan fingerprint density at radius 2 is 1.88 bits per heavy atom. The van der Waals surface area contributed by atoms with E-state index in [1.54, 1.807) is 12.1 Å². The molecule has 0 saturated carbocycles. The molecular formula is C16H12ClN3O5S. The monoisotopic (exact) mass is 393 g/mol. The Balaban J connectivity index is 1.71. The first kappa shape index (κ1) is 18.1. The predicted molar refractivity (Wildman–Crippen MR) is 91.7 cm³/mol. The predicted octanol–water partition coefficient (Wildman–Crippen LogP) is 2.39. The van der Waals surface area contributed by atoms with Crippen molar-refractivity contribution in [3.05, 3.63) is 65.0 Å². The Labute approximate surface area is 153 Å². The lowest BCUT2D eigenvalue weighted by atomic mass is 10.2. The maximum Gasteiger partial charge on any atom is 0.338 e. The molecule has 1 heterocycles. The summed E-state index contributed by atoms with van der Waals surface area (Å²) in [4.78, 5) is 11.7. The fourth-order valence-electron chi connectivity index (χ4n) is 2.07. The second-order valence-electron chi connectivity index (χ2n) is 5.13. The number of carbonyl (C=O) groups is 1. The molecular weight excluding hydrogens is 382 g/mol. The summed E-state index contributed by atoms with van der Waals surface area (Å²) in [5, 5.41) is 12.6. The summed E-state index contributed by atoms with van der Waals surface area (Å²) < 4.78 is 33.4. The number of carbonyl (C=O) groups excluding carboxylic acids is 1. The highest BCUT2D eigenvalue weighted by molar-refractivity contribution is 7.89. The fraction of sp³-hybridized carbons (Fsp3) is 0.0625. The molecule has 0 aliphatic heterocycles. The first-order valence-corrected chi connectivity index (χ1v) is 9.14. The van der Waals surface area contributed by atoms with E-state index in [0.29, 0.717) is 5.89 Å². The van der Waals surface area contributed by atoms with Crippen LogP contribution in [0.1, 0.15) is 16.2 Å². The van der Waals surface area contributed by atoms with Crippen LogP contribution in [0.5, 0.6) is 0 Å². The van der Waals surface area contributed by atoms with Crippen molar-refractivity contribution in [2.45, 2.75) is 11.5 Å². The molecule has 0 radical (unpaired) electrons. The van der Waals surface area contributed by atoms with E-state index in [-0.39, 0.29) is 28.0 Å². The standard InChI is InChI=1S/C16H12ClN3O5S/c17-12-7-6-11(8-13(12)26(18,22)23)16(21)24-9-14-19-20-15(25-14)10-4-2-1-3-5-10/h1-8H,9H2,(H2,18,22,23). The summed E-state index contributed by atoms with van der Waals surface area (Å²) in [5.41, 5.74) is 0.703. The molecule has 134 valence electrons. The largest absolute Gasteiger partial charge is 0.452 e. The lowest BCUT2D eigenvalue weighted by Gasteiger charge is -2.05. The summed E-state index contributed by atoms with van der Waals surface area (Å²) in [6.07, 6.45) is 0. The molecule has 2 N–H and O–H groups in total. The van der Waals surface area contributed by atoms with E-state index >= 15 is 0 Å². The third-order valence-corrected chi connectivity index (χ3v) is 4.68. The molecule has 0 spiro atoms. The SMILES string of the molecule is NS(=O)(=O)c1cc(C(=O)OCc2nnc(-c3ccccc3)o2)ccc1Cl. The Morgan fingerprint density at radius 1 is 1.15 bits per heavy atom. The summed E-state index contributed by atoms with van der Waals surface area (Å²) in [5.74, 6) is -0.400. The normalized spacial score (nSPS) is 11.3. The summed E-state index contributed by atoms with van der Waals surface area (Å²) in [6, 6.07) is 12.7. The van der Waals surface area contributed by atoms with Crippen molar-refractivity contribution < 1.29 is 22.4 Å². The Hall–Kier alpha value is -2.75. The third kappa shape index (κ3) is 4.07. The van der Waals surface area contributed by atoms with Crippen molar-refractivity contribution in [2.75, 3.05) is 0 Å². The maximum atomic E-state index is 12.1. The van der Waals surface area contributed by atoms with Gasteiger partial charge in [0.1, 0.15) is 4.90 Å². The number of ether oxygens (including phenoxy) is 1. The van der Waals surface area contributed by atoms with Crippen LogP contribution in [0.25, 0.3) is 11.5 Å². The number of halogens is 1. The topological polar surface area (TPSA) is 125 Å². The smallest absolute Gasteiger partial charge is 0.338 e. The summed E-state index contributed by atoms with van der Waals surface area (Å²) in [6.45, 7) is -0.272. The molecule has 0 aliphatic carbocycles. The van der Waals surface area contributed by atoms with Crippen LogP contribution in [-0.2, 0) is 21.4 Å². The zero-order valence-corrected chi connectivity index (χ0v) is 14.7. The van der Waals surface area contributed by atoms with Crippen LogP contribution in [0.2, 0.25) is 5.02 Å². The lowest BCUT2D eigenvalue weighted by molar-refractivity contribution is 0.0438. The molecule has 8 nitrogen and oxygen atoms in total. The van der Waals surface area contributed by atoms with Crippen molar-refractivity contribution >= 4 is 27.6 Å². The van der Waals surface area contributed by atoms with Crippen LogP contribution in [0.15, 0.2) is 57.8 Å². The number of benzene rings is 2. The zero-order chi connectivity index (χ0) is 18.7.